The minimum atomic E-state index is -0.925. The van der Waals surface area contributed by atoms with Crippen molar-refractivity contribution < 1.29 is 9.90 Å². The van der Waals surface area contributed by atoms with Crippen LogP contribution < -0.4 is 5.32 Å². The van der Waals surface area contributed by atoms with Gasteiger partial charge < -0.3 is 10.4 Å². The maximum absolute atomic E-state index is 10.8. The van der Waals surface area contributed by atoms with Crippen LogP contribution in [0.4, 0.5) is 5.69 Å². The van der Waals surface area contributed by atoms with E-state index in [2.05, 4.69) is 11.2 Å². The summed E-state index contributed by atoms with van der Waals surface area (Å²) >= 11 is 0. The number of carbonyl (C=O) groups is 1. The quantitative estimate of drug-likeness (QED) is 0.765. The summed E-state index contributed by atoms with van der Waals surface area (Å²) in [5.41, 5.74) is 1.55. The average molecular weight is 217 g/mol. The van der Waals surface area contributed by atoms with Crippen molar-refractivity contribution in [1.29, 1.82) is 0 Å². The molecule has 0 aromatic heterocycles. The molecule has 3 heteroatoms. The van der Waals surface area contributed by atoms with Crippen LogP contribution in [0.25, 0.3) is 0 Å². The molecule has 0 radical (unpaired) electrons. The molecule has 0 saturated heterocycles. The fourth-order valence-electron chi connectivity index (χ4n) is 1.31. The summed E-state index contributed by atoms with van der Waals surface area (Å²) < 4.78 is 0. The molecule has 3 nitrogen and oxygen atoms in total. The van der Waals surface area contributed by atoms with Gasteiger partial charge in [-0.25, -0.2) is 4.79 Å². The SMILES string of the molecule is C#CC(C)(C)Nc1ccc(C(=O)O)cc1C. The molecule has 0 spiro atoms. The molecule has 16 heavy (non-hydrogen) atoms. The van der Waals surface area contributed by atoms with Crippen LogP contribution in [0.3, 0.4) is 0 Å². The molecule has 0 aliphatic heterocycles. The number of benzene rings is 1. The highest BCUT2D eigenvalue weighted by Gasteiger charge is 2.14. The van der Waals surface area contributed by atoms with Crippen LogP contribution in [0.15, 0.2) is 18.2 Å². The van der Waals surface area contributed by atoms with Gasteiger partial charge in [0.1, 0.15) is 0 Å². The molecule has 2 N–H and O–H groups in total. The molecule has 84 valence electrons. The van der Waals surface area contributed by atoms with Crippen molar-refractivity contribution in [2.75, 3.05) is 5.32 Å². The molecule has 0 atom stereocenters. The summed E-state index contributed by atoms with van der Waals surface area (Å²) in [4.78, 5) is 10.8. The highest BCUT2D eigenvalue weighted by Crippen LogP contribution is 2.20. The molecule has 0 saturated carbocycles. The summed E-state index contributed by atoms with van der Waals surface area (Å²) in [5, 5.41) is 12.0. The molecule has 0 unspecified atom stereocenters. The van der Waals surface area contributed by atoms with Crippen LogP contribution in [0, 0.1) is 19.3 Å². The summed E-state index contributed by atoms with van der Waals surface area (Å²) in [6.45, 7) is 5.62. The predicted octanol–water partition coefficient (Wildman–Crippen LogP) is 2.52. The number of rotatable bonds is 3. The Labute approximate surface area is 95.5 Å². The van der Waals surface area contributed by atoms with Crippen LogP contribution in [-0.4, -0.2) is 16.6 Å². The van der Waals surface area contributed by atoms with E-state index in [1.165, 1.54) is 0 Å². The standard InChI is InChI=1S/C13H15NO2/c1-5-13(3,4)14-11-7-6-10(12(15)16)8-9(11)2/h1,6-8,14H,2-4H3,(H,15,16). The number of hydrogen-bond acceptors (Lipinski definition) is 2. The number of anilines is 1. The Morgan fingerprint density at radius 2 is 2.12 bits per heavy atom. The Morgan fingerprint density at radius 1 is 1.50 bits per heavy atom. The zero-order valence-corrected chi connectivity index (χ0v) is 9.66. The Morgan fingerprint density at radius 3 is 2.56 bits per heavy atom. The van der Waals surface area contributed by atoms with Crippen molar-refractivity contribution in [2.24, 2.45) is 0 Å². The zero-order chi connectivity index (χ0) is 12.3. The molecule has 1 rings (SSSR count). The van der Waals surface area contributed by atoms with Gasteiger partial charge in [-0.05, 0) is 44.5 Å². The van der Waals surface area contributed by atoms with Gasteiger partial charge in [0.2, 0.25) is 0 Å². The van der Waals surface area contributed by atoms with Crippen molar-refractivity contribution in [3.05, 3.63) is 29.3 Å². The Bertz CT molecular complexity index is 455. The number of aromatic carboxylic acids is 1. The first-order valence-electron chi connectivity index (χ1n) is 4.95. The second kappa shape index (κ2) is 4.28. The van der Waals surface area contributed by atoms with E-state index in [9.17, 15) is 4.79 Å². The number of aryl methyl sites for hydroxylation is 1. The van der Waals surface area contributed by atoms with E-state index in [-0.39, 0.29) is 5.56 Å². The summed E-state index contributed by atoms with van der Waals surface area (Å²) in [6.07, 6.45) is 5.38. The van der Waals surface area contributed by atoms with E-state index >= 15 is 0 Å². The first kappa shape index (κ1) is 12.1. The van der Waals surface area contributed by atoms with Crippen LogP contribution in [0.1, 0.15) is 29.8 Å². The van der Waals surface area contributed by atoms with Crippen molar-refractivity contribution in [3.63, 3.8) is 0 Å². The Kier molecular flexibility index (Phi) is 3.24. The van der Waals surface area contributed by atoms with Gasteiger partial charge in [-0.15, -0.1) is 6.42 Å². The second-order valence-corrected chi connectivity index (χ2v) is 4.23. The van der Waals surface area contributed by atoms with Crippen LogP contribution in [0.5, 0.6) is 0 Å². The van der Waals surface area contributed by atoms with Crippen molar-refractivity contribution >= 4 is 11.7 Å². The third kappa shape index (κ3) is 2.77. The molecular weight excluding hydrogens is 202 g/mol. The van der Waals surface area contributed by atoms with Gasteiger partial charge in [-0.3, -0.25) is 0 Å². The lowest BCUT2D eigenvalue weighted by atomic mass is 10.0. The second-order valence-electron chi connectivity index (χ2n) is 4.23. The maximum atomic E-state index is 10.8. The molecule has 1 aromatic carbocycles. The number of carboxylic acid groups (broad SMARTS) is 1. The van der Waals surface area contributed by atoms with Crippen LogP contribution in [-0.2, 0) is 0 Å². The minimum absolute atomic E-state index is 0.279. The lowest BCUT2D eigenvalue weighted by Gasteiger charge is -2.22. The van der Waals surface area contributed by atoms with E-state index in [1.54, 1.807) is 18.2 Å². The average Bonchev–Trinajstić information content (AvgIpc) is 2.20. The predicted molar refractivity (Wildman–Crippen MR) is 64.7 cm³/mol. The van der Waals surface area contributed by atoms with Gasteiger partial charge >= 0.3 is 5.97 Å². The van der Waals surface area contributed by atoms with E-state index in [1.807, 2.05) is 20.8 Å². The molecule has 0 bridgehead atoms. The Balaban J connectivity index is 3.02. The third-order valence-corrected chi connectivity index (χ3v) is 2.28. The highest BCUT2D eigenvalue weighted by atomic mass is 16.4. The summed E-state index contributed by atoms with van der Waals surface area (Å²) in [6, 6.07) is 4.92. The molecule has 0 aliphatic carbocycles. The Hall–Kier alpha value is -1.95. The van der Waals surface area contributed by atoms with Crippen LogP contribution >= 0.6 is 0 Å². The van der Waals surface area contributed by atoms with Gasteiger partial charge in [0.15, 0.2) is 0 Å². The zero-order valence-electron chi connectivity index (χ0n) is 9.66. The molecule has 1 aromatic rings. The molecule has 0 heterocycles. The highest BCUT2D eigenvalue weighted by molar-refractivity contribution is 5.88. The lowest BCUT2D eigenvalue weighted by Crippen LogP contribution is -2.28. The van der Waals surface area contributed by atoms with Crippen LogP contribution in [0.2, 0.25) is 0 Å². The minimum Gasteiger partial charge on any atom is -0.478 e. The van der Waals surface area contributed by atoms with Gasteiger partial charge in [0.05, 0.1) is 11.1 Å². The van der Waals surface area contributed by atoms with Crippen molar-refractivity contribution in [2.45, 2.75) is 26.3 Å². The van der Waals surface area contributed by atoms with Crippen molar-refractivity contribution in [1.82, 2.24) is 0 Å². The first-order valence-corrected chi connectivity index (χ1v) is 4.95. The topological polar surface area (TPSA) is 49.3 Å². The maximum Gasteiger partial charge on any atom is 0.335 e. The van der Waals surface area contributed by atoms with E-state index in [0.29, 0.717) is 0 Å². The summed E-state index contributed by atoms with van der Waals surface area (Å²) in [7, 11) is 0. The van der Waals surface area contributed by atoms with E-state index < -0.39 is 11.5 Å². The fourth-order valence-corrected chi connectivity index (χ4v) is 1.31. The van der Waals surface area contributed by atoms with E-state index in [0.717, 1.165) is 11.3 Å². The lowest BCUT2D eigenvalue weighted by molar-refractivity contribution is 0.0697. The van der Waals surface area contributed by atoms with Gasteiger partial charge in [0.25, 0.3) is 0 Å². The number of terminal acetylenes is 1. The largest absolute Gasteiger partial charge is 0.478 e. The van der Waals surface area contributed by atoms with Gasteiger partial charge in [-0.1, -0.05) is 5.92 Å². The monoisotopic (exact) mass is 217 g/mol. The molecule has 0 aliphatic rings. The van der Waals surface area contributed by atoms with Crippen molar-refractivity contribution in [3.8, 4) is 12.3 Å². The normalized spacial score (nSPS) is 10.6. The first-order chi connectivity index (χ1) is 7.35. The summed E-state index contributed by atoms with van der Waals surface area (Å²) in [5.74, 6) is 1.70. The number of carboxylic acids is 1. The van der Waals surface area contributed by atoms with Gasteiger partial charge in [0, 0.05) is 5.69 Å². The third-order valence-electron chi connectivity index (χ3n) is 2.28. The number of hydrogen-bond donors (Lipinski definition) is 2. The number of nitrogens with one attached hydrogen (secondary N) is 1. The van der Waals surface area contributed by atoms with Gasteiger partial charge in [-0.2, -0.15) is 0 Å². The molecule has 0 amide bonds. The fraction of sp³-hybridized carbons (Fsp3) is 0.308. The molecular formula is C13H15NO2. The smallest absolute Gasteiger partial charge is 0.335 e. The molecule has 0 fully saturated rings. The van der Waals surface area contributed by atoms with E-state index in [4.69, 9.17) is 11.5 Å².